The number of hydrogen-bond acceptors (Lipinski definition) is 3. The molecule has 0 aromatic heterocycles. The Morgan fingerprint density at radius 3 is 2.35 bits per heavy atom. The quantitative estimate of drug-likeness (QED) is 0.879. The molecule has 1 saturated carbocycles. The maximum absolute atomic E-state index is 10.7. The van der Waals surface area contributed by atoms with Gasteiger partial charge in [-0.05, 0) is 35.8 Å². The highest BCUT2D eigenvalue weighted by molar-refractivity contribution is 5.91. The van der Waals surface area contributed by atoms with Gasteiger partial charge in [-0.2, -0.15) is 0 Å². The number of halogens is 1. The fourth-order valence-corrected chi connectivity index (χ4v) is 3.72. The summed E-state index contributed by atoms with van der Waals surface area (Å²) in [6.45, 7) is 0. The van der Waals surface area contributed by atoms with E-state index in [0.29, 0.717) is 5.92 Å². The van der Waals surface area contributed by atoms with E-state index < -0.39 is 6.10 Å². The molecular weight excluding hydrogens is 310 g/mol. The highest BCUT2D eigenvalue weighted by Gasteiger charge is 2.28. The Morgan fingerprint density at radius 2 is 1.70 bits per heavy atom. The van der Waals surface area contributed by atoms with E-state index in [1.807, 2.05) is 30.3 Å². The van der Waals surface area contributed by atoms with Gasteiger partial charge in [0.05, 0.1) is 19.3 Å². The van der Waals surface area contributed by atoms with E-state index in [9.17, 15) is 5.11 Å². The predicted octanol–water partition coefficient (Wildman–Crippen LogP) is 4.21. The third kappa shape index (κ3) is 3.63. The maximum Gasteiger partial charge on any atom is 0.126 e. The minimum atomic E-state index is -0.475. The predicted molar refractivity (Wildman–Crippen MR) is 97.3 cm³/mol. The first-order valence-corrected chi connectivity index (χ1v) is 8.21. The summed E-state index contributed by atoms with van der Waals surface area (Å²) < 4.78 is 5.44. The van der Waals surface area contributed by atoms with Crippen molar-refractivity contribution in [3.63, 3.8) is 0 Å². The second-order valence-electron chi connectivity index (χ2n) is 6.32. The molecule has 126 valence electrons. The number of hydrogen-bond donors (Lipinski definition) is 2. The highest BCUT2D eigenvalue weighted by Crippen LogP contribution is 2.36. The Balaban J connectivity index is 0.00000192. The SMILES string of the molecule is COc1ccc([C@@H](N)[C@@H](O)C2CCCCC2)c2ccccc12.Cl. The zero-order chi connectivity index (χ0) is 15.5. The number of aliphatic hydroxyl groups is 1. The number of ether oxygens (including phenoxy) is 1. The Labute approximate surface area is 144 Å². The van der Waals surface area contributed by atoms with Crippen molar-refractivity contribution in [2.45, 2.75) is 44.2 Å². The van der Waals surface area contributed by atoms with Crippen molar-refractivity contribution in [1.29, 1.82) is 0 Å². The van der Waals surface area contributed by atoms with Crippen LogP contribution in [0.2, 0.25) is 0 Å². The van der Waals surface area contributed by atoms with E-state index in [0.717, 1.165) is 34.9 Å². The molecule has 0 unspecified atom stereocenters. The Bertz CT molecular complexity index is 640. The molecule has 0 aliphatic heterocycles. The molecule has 0 spiro atoms. The molecule has 23 heavy (non-hydrogen) atoms. The van der Waals surface area contributed by atoms with Crippen molar-refractivity contribution in [3.05, 3.63) is 42.0 Å². The number of rotatable bonds is 4. The third-order valence-electron chi connectivity index (χ3n) is 5.00. The van der Waals surface area contributed by atoms with Crippen LogP contribution < -0.4 is 10.5 Å². The number of aliphatic hydroxyl groups excluding tert-OH is 1. The number of nitrogens with two attached hydrogens (primary N) is 1. The molecular formula is C19H26ClNO2. The van der Waals surface area contributed by atoms with Crippen LogP contribution in [-0.2, 0) is 0 Å². The lowest BCUT2D eigenvalue weighted by Gasteiger charge is -2.31. The van der Waals surface area contributed by atoms with Crippen LogP contribution in [0.4, 0.5) is 0 Å². The molecule has 1 aliphatic carbocycles. The van der Waals surface area contributed by atoms with E-state index in [1.165, 1.54) is 19.3 Å². The maximum atomic E-state index is 10.7. The van der Waals surface area contributed by atoms with E-state index in [1.54, 1.807) is 7.11 Å². The molecule has 2 atom stereocenters. The monoisotopic (exact) mass is 335 g/mol. The van der Waals surface area contributed by atoms with E-state index in [4.69, 9.17) is 10.5 Å². The summed E-state index contributed by atoms with van der Waals surface area (Å²) in [7, 11) is 1.68. The van der Waals surface area contributed by atoms with Gasteiger partial charge in [0.2, 0.25) is 0 Å². The van der Waals surface area contributed by atoms with Gasteiger partial charge in [-0.3, -0.25) is 0 Å². The van der Waals surface area contributed by atoms with Gasteiger partial charge < -0.3 is 15.6 Å². The molecule has 3 N–H and O–H groups in total. The topological polar surface area (TPSA) is 55.5 Å². The molecule has 0 radical (unpaired) electrons. The number of benzene rings is 2. The van der Waals surface area contributed by atoms with Crippen molar-refractivity contribution < 1.29 is 9.84 Å². The smallest absolute Gasteiger partial charge is 0.126 e. The van der Waals surface area contributed by atoms with Gasteiger partial charge in [-0.25, -0.2) is 0 Å². The minimum Gasteiger partial charge on any atom is -0.496 e. The lowest BCUT2D eigenvalue weighted by molar-refractivity contribution is 0.0622. The molecule has 2 aromatic carbocycles. The zero-order valence-corrected chi connectivity index (χ0v) is 14.4. The summed E-state index contributed by atoms with van der Waals surface area (Å²) in [5.74, 6) is 1.17. The molecule has 0 bridgehead atoms. The summed E-state index contributed by atoms with van der Waals surface area (Å²) in [4.78, 5) is 0. The molecule has 3 nitrogen and oxygen atoms in total. The highest BCUT2D eigenvalue weighted by atomic mass is 35.5. The summed E-state index contributed by atoms with van der Waals surface area (Å²) in [6, 6.07) is 11.7. The average Bonchev–Trinajstić information content (AvgIpc) is 2.60. The molecule has 0 saturated heterocycles. The summed E-state index contributed by atoms with van der Waals surface area (Å²) in [6.07, 6.45) is 5.39. The van der Waals surface area contributed by atoms with Crippen LogP contribution in [-0.4, -0.2) is 18.3 Å². The molecule has 3 rings (SSSR count). The first kappa shape index (κ1) is 18.1. The summed E-state index contributed by atoms with van der Waals surface area (Å²) in [5.41, 5.74) is 7.44. The van der Waals surface area contributed by atoms with Gasteiger partial charge in [0.15, 0.2) is 0 Å². The van der Waals surface area contributed by atoms with Crippen LogP contribution in [0.5, 0.6) is 5.75 Å². The van der Waals surface area contributed by atoms with Gasteiger partial charge in [-0.15, -0.1) is 12.4 Å². The Kier molecular flexibility index (Phi) is 6.28. The van der Waals surface area contributed by atoms with Crippen LogP contribution in [0.1, 0.15) is 43.7 Å². The number of fused-ring (bicyclic) bond motifs is 1. The number of methoxy groups -OCH3 is 1. The van der Waals surface area contributed by atoms with Crippen molar-refractivity contribution in [1.82, 2.24) is 0 Å². The van der Waals surface area contributed by atoms with Gasteiger partial charge in [0, 0.05) is 5.39 Å². The van der Waals surface area contributed by atoms with E-state index in [-0.39, 0.29) is 18.4 Å². The Morgan fingerprint density at radius 1 is 1.04 bits per heavy atom. The fraction of sp³-hybridized carbons (Fsp3) is 0.474. The third-order valence-corrected chi connectivity index (χ3v) is 5.00. The Hall–Kier alpha value is -1.29. The first-order valence-electron chi connectivity index (χ1n) is 8.21. The fourth-order valence-electron chi connectivity index (χ4n) is 3.72. The van der Waals surface area contributed by atoms with Gasteiger partial charge in [0.25, 0.3) is 0 Å². The molecule has 0 heterocycles. The van der Waals surface area contributed by atoms with Crippen LogP contribution in [0, 0.1) is 5.92 Å². The van der Waals surface area contributed by atoms with Gasteiger partial charge >= 0.3 is 0 Å². The van der Waals surface area contributed by atoms with E-state index in [2.05, 4.69) is 6.07 Å². The second-order valence-corrected chi connectivity index (χ2v) is 6.32. The van der Waals surface area contributed by atoms with E-state index >= 15 is 0 Å². The lowest BCUT2D eigenvalue weighted by atomic mass is 9.80. The van der Waals surface area contributed by atoms with Crippen LogP contribution in [0.3, 0.4) is 0 Å². The summed E-state index contributed by atoms with van der Waals surface area (Å²) in [5, 5.41) is 12.8. The van der Waals surface area contributed by atoms with Crippen molar-refractivity contribution >= 4 is 23.2 Å². The molecule has 2 aromatic rings. The normalized spacial score (nSPS) is 18.2. The minimum absolute atomic E-state index is 0. The molecule has 4 heteroatoms. The molecule has 1 aliphatic rings. The van der Waals surface area contributed by atoms with Crippen LogP contribution >= 0.6 is 12.4 Å². The van der Waals surface area contributed by atoms with Crippen LogP contribution in [0.15, 0.2) is 36.4 Å². The second kappa shape index (κ2) is 8.00. The summed E-state index contributed by atoms with van der Waals surface area (Å²) >= 11 is 0. The zero-order valence-electron chi connectivity index (χ0n) is 13.6. The largest absolute Gasteiger partial charge is 0.496 e. The lowest BCUT2D eigenvalue weighted by Crippen LogP contribution is -2.34. The first-order chi connectivity index (χ1) is 10.7. The van der Waals surface area contributed by atoms with Crippen molar-refractivity contribution in [2.24, 2.45) is 11.7 Å². The van der Waals surface area contributed by atoms with Crippen molar-refractivity contribution in [3.8, 4) is 5.75 Å². The van der Waals surface area contributed by atoms with Crippen molar-refractivity contribution in [2.75, 3.05) is 7.11 Å². The van der Waals surface area contributed by atoms with Gasteiger partial charge in [-0.1, -0.05) is 49.6 Å². The standard InChI is InChI=1S/C19H25NO2.ClH/c1-22-17-12-11-16(14-9-5-6-10-15(14)17)18(20)19(21)13-7-3-2-4-8-13;/h5-6,9-13,18-19,21H,2-4,7-8,20H2,1H3;1H/t18-,19+;/m1./s1. The molecule has 1 fully saturated rings. The van der Waals surface area contributed by atoms with Crippen LogP contribution in [0.25, 0.3) is 10.8 Å². The average molecular weight is 336 g/mol. The molecule has 0 amide bonds. The van der Waals surface area contributed by atoms with Gasteiger partial charge in [0.1, 0.15) is 5.75 Å².